The zero-order chi connectivity index (χ0) is 18.1. The molecule has 0 atom stereocenters. The maximum Gasteiger partial charge on any atom is 0.253 e. The maximum absolute atomic E-state index is 12.7. The second-order valence-corrected chi connectivity index (χ2v) is 6.55. The van der Waals surface area contributed by atoms with Gasteiger partial charge in [0, 0.05) is 43.0 Å². The molecule has 1 saturated heterocycles. The number of fused-ring (bicyclic) bond motifs is 1. The number of amides is 3. The molecule has 2 aromatic rings. The van der Waals surface area contributed by atoms with Crippen molar-refractivity contribution in [2.45, 2.75) is 6.42 Å². The van der Waals surface area contributed by atoms with Gasteiger partial charge in [-0.05, 0) is 35.9 Å². The van der Waals surface area contributed by atoms with Crippen molar-refractivity contribution in [1.29, 1.82) is 0 Å². The molecule has 0 aliphatic carbocycles. The van der Waals surface area contributed by atoms with Crippen LogP contribution in [0.4, 0.5) is 5.69 Å². The van der Waals surface area contributed by atoms with Crippen LogP contribution in [0.25, 0.3) is 0 Å². The van der Waals surface area contributed by atoms with Gasteiger partial charge >= 0.3 is 0 Å². The van der Waals surface area contributed by atoms with E-state index in [4.69, 9.17) is 0 Å². The number of anilines is 1. The predicted molar refractivity (Wildman–Crippen MR) is 97.0 cm³/mol. The number of rotatable bonds is 2. The lowest BCUT2D eigenvalue weighted by molar-refractivity contribution is -0.115. The summed E-state index contributed by atoms with van der Waals surface area (Å²) in [4.78, 5) is 40.2. The number of nitrogens with zero attached hydrogens (tertiary/aromatic N) is 2. The maximum atomic E-state index is 12.7. The molecule has 6 heteroatoms. The zero-order valence-corrected chi connectivity index (χ0v) is 14.3. The number of carbonyl (C=O) groups excluding carboxylic acids is 3. The Morgan fingerprint density at radius 1 is 0.808 bits per heavy atom. The standard InChI is InChI=1S/C20H19N3O3/c24-18-13-16-12-15(6-7-17(16)21-18)20(26)23-10-8-22(9-11-23)19(25)14-4-2-1-3-5-14/h1-7,12H,8-11,13H2,(H,21,24). The Morgan fingerprint density at radius 2 is 1.42 bits per heavy atom. The van der Waals surface area contributed by atoms with Gasteiger partial charge in [-0.25, -0.2) is 0 Å². The largest absolute Gasteiger partial charge is 0.335 e. The van der Waals surface area contributed by atoms with Crippen molar-refractivity contribution in [3.05, 3.63) is 65.2 Å². The van der Waals surface area contributed by atoms with E-state index in [-0.39, 0.29) is 17.7 Å². The van der Waals surface area contributed by atoms with E-state index < -0.39 is 0 Å². The van der Waals surface area contributed by atoms with Crippen LogP contribution in [0.2, 0.25) is 0 Å². The first-order valence-corrected chi connectivity index (χ1v) is 8.68. The fraction of sp³-hybridized carbons (Fsp3) is 0.250. The Balaban J connectivity index is 1.40. The molecule has 26 heavy (non-hydrogen) atoms. The van der Waals surface area contributed by atoms with Gasteiger partial charge in [-0.2, -0.15) is 0 Å². The van der Waals surface area contributed by atoms with Crippen molar-refractivity contribution in [3.8, 4) is 0 Å². The molecule has 2 heterocycles. The van der Waals surface area contributed by atoms with Crippen LogP contribution in [0.5, 0.6) is 0 Å². The average Bonchev–Trinajstić information content (AvgIpc) is 3.07. The summed E-state index contributed by atoms with van der Waals surface area (Å²) < 4.78 is 0. The van der Waals surface area contributed by atoms with Gasteiger partial charge in [-0.1, -0.05) is 18.2 Å². The smallest absolute Gasteiger partial charge is 0.253 e. The third-order valence-corrected chi connectivity index (χ3v) is 4.85. The van der Waals surface area contributed by atoms with Crippen LogP contribution >= 0.6 is 0 Å². The minimum Gasteiger partial charge on any atom is -0.335 e. The lowest BCUT2D eigenvalue weighted by atomic mass is 10.1. The van der Waals surface area contributed by atoms with Crippen molar-refractivity contribution in [2.75, 3.05) is 31.5 Å². The highest BCUT2D eigenvalue weighted by Crippen LogP contribution is 2.24. The van der Waals surface area contributed by atoms with E-state index in [1.165, 1.54) is 0 Å². The molecule has 1 N–H and O–H groups in total. The molecule has 2 aliphatic heterocycles. The number of benzene rings is 2. The van der Waals surface area contributed by atoms with Crippen molar-refractivity contribution < 1.29 is 14.4 Å². The molecule has 3 amide bonds. The van der Waals surface area contributed by atoms with E-state index in [1.807, 2.05) is 18.2 Å². The highest BCUT2D eigenvalue weighted by Gasteiger charge is 2.26. The third kappa shape index (κ3) is 3.06. The molecule has 0 aromatic heterocycles. The van der Waals surface area contributed by atoms with Crippen LogP contribution in [0, 0.1) is 0 Å². The van der Waals surface area contributed by atoms with Crippen LogP contribution in [-0.2, 0) is 11.2 Å². The lowest BCUT2D eigenvalue weighted by Gasteiger charge is -2.35. The molecule has 0 radical (unpaired) electrons. The topological polar surface area (TPSA) is 69.7 Å². The molecule has 0 bridgehead atoms. The molecule has 0 saturated carbocycles. The highest BCUT2D eigenvalue weighted by atomic mass is 16.2. The Hall–Kier alpha value is -3.15. The molecule has 2 aromatic carbocycles. The van der Waals surface area contributed by atoms with Crippen molar-refractivity contribution in [2.24, 2.45) is 0 Å². The molecule has 6 nitrogen and oxygen atoms in total. The Kier molecular flexibility index (Phi) is 4.16. The number of piperazine rings is 1. The van der Waals surface area contributed by atoms with Gasteiger partial charge in [-0.3, -0.25) is 14.4 Å². The van der Waals surface area contributed by atoms with Gasteiger partial charge in [0.25, 0.3) is 11.8 Å². The Labute approximate surface area is 151 Å². The third-order valence-electron chi connectivity index (χ3n) is 4.85. The molecule has 0 spiro atoms. The summed E-state index contributed by atoms with van der Waals surface area (Å²) in [6.45, 7) is 2.05. The Bertz CT molecular complexity index is 871. The minimum absolute atomic E-state index is 0.000170. The second-order valence-electron chi connectivity index (χ2n) is 6.55. The first kappa shape index (κ1) is 16.3. The fourth-order valence-electron chi connectivity index (χ4n) is 3.42. The lowest BCUT2D eigenvalue weighted by Crippen LogP contribution is -2.50. The van der Waals surface area contributed by atoms with Crippen LogP contribution in [0.1, 0.15) is 26.3 Å². The minimum atomic E-state index is -0.0565. The monoisotopic (exact) mass is 349 g/mol. The summed E-state index contributed by atoms with van der Waals surface area (Å²) in [5, 5.41) is 2.77. The van der Waals surface area contributed by atoms with Gasteiger partial charge < -0.3 is 15.1 Å². The van der Waals surface area contributed by atoms with Gasteiger partial charge in [0.1, 0.15) is 0 Å². The molecule has 4 rings (SSSR count). The number of hydrogen-bond donors (Lipinski definition) is 1. The number of hydrogen-bond acceptors (Lipinski definition) is 3. The number of carbonyl (C=O) groups is 3. The summed E-state index contributed by atoms with van der Waals surface area (Å²) in [6.07, 6.45) is 0.315. The normalized spacial score (nSPS) is 16.2. The first-order chi connectivity index (χ1) is 12.6. The summed E-state index contributed by atoms with van der Waals surface area (Å²) in [5.74, 6) is -0.101. The average molecular weight is 349 g/mol. The molecular formula is C20H19N3O3. The molecule has 0 unspecified atom stereocenters. The van der Waals surface area contributed by atoms with E-state index in [9.17, 15) is 14.4 Å². The molecular weight excluding hydrogens is 330 g/mol. The van der Waals surface area contributed by atoms with Crippen LogP contribution in [-0.4, -0.2) is 53.7 Å². The van der Waals surface area contributed by atoms with E-state index >= 15 is 0 Å². The summed E-state index contributed by atoms with van der Waals surface area (Å²) >= 11 is 0. The molecule has 132 valence electrons. The first-order valence-electron chi connectivity index (χ1n) is 8.68. The summed E-state index contributed by atoms with van der Waals surface area (Å²) in [6, 6.07) is 14.5. The molecule has 1 fully saturated rings. The van der Waals surface area contributed by atoms with E-state index in [1.54, 1.807) is 40.1 Å². The zero-order valence-electron chi connectivity index (χ0n) is 14.3. The van der Waals surface area contributed by atoms with Gasteiger partial charge in [-0.15, -0.1) is 0 Å². The van der Waals surface area contributed by atoms with Gasteiger partial charge in [0.2, 0.25) is 5.91 Å². The second kappa shape index (κ2) is 6.63. The van der Waals surface area contributed by atoms with Gasteiger partial charge in [0.05, 0.1) is 6.42 Å². The van der Waals surface area contributed by atoms with Crippen LogP contribution in [0.15, 0.2) is 48.5 Å². The highest BCUT2D eigenvalue weighted by molar-refractivity contribution is 6.01. The van der Waals surface area contributed by atoms with Crippen LogP contribution in [0.3, 0.4) is 0 Å². The number of nitrogens with one attached hydrogen (secondary N) is 1. The van der Waals surface area contributed by atoms with Gasteiger partial charge in [0.15, 0.2) is 0 Å². The summed E-state index contributed by atoms with van der Waals surface area (Å²) in [5.41, 5.74) is 2.90. The summed E-state index contributed by atoms with van der Waals surface area (Å²) in [7, 11) is 0. The van der Waals surface area contributed by atoms with Crippen molar-refractivity contribution in [1.82, 2.24) is 9.80 Å². The fourth-order valence-corrected chi connectivity index (χ4v) is 3.42. The van der Waals surface area contributed by atoms with E-state index in [2.05, 4.69) is 5.32 Å². The van der Waals surface area contributed by atoms with Crippen molar-refractivity contribution in [3.63, 3.8) is 0 Å². The van der Waals surface area contributed by atoms with Crippen LogP contribution < -0.4 is 5.32 Å². The quantitative estimate of drug-likeness (QED) is 0.898. The predicted octanol–water partition coefficient (Wildman–Crippen LogP) is 1.78. The van der Waals surface area contributed by atoms with E-state index in [0.717, 1.165) is 11.3 Å². The molecule has 2 aliphatic rings. The Morgan fingerprint density at radius 3 is 2.08 bits per heavy atom. The SMILES string of the molecule is O=C1Cc2cc(C(=O)N3CCN(C(=O)c4ccccc4)CC3)ccc2N1. The van der Waals surface area contributed by atoms with Crippen molar-refractivity contribution >= 4 is 23.4 Å². The van der Waals surface area contributed by atoms with E-state index in [0.29, 0.717) is 43.7 Å².